The number of anilines is 3. The summed E-state index contributed by atoms with van der Waals surface area (Å²) in [6.07, 6.45) is 4.65. The van der Waals surface area contributed by atoms with E-state index < -0.39 is 5.82 Å². The second-order valence-electron chi connectivity index (χ2n) is 11.9. The van der Waals surface area contributed by atoms with Gasteiger partial charge in [0.1, 0.15) is 17.3 Å². The lowest BCUT2D eigenvalue weighted by Gasteiger charge is -2.30. The van der Waals surface area contributed by atoms with E-state index in [4.69, 9.17) is 20.4 Å². The first-order valence-corrected chi connectivity index (χ1v) is 15.2. The van der Waals surface area contributed by atoms with Crippen molar-refractivity contribution in [3.8, 4) is 11.5 Å². The molecule has 0 bridgehead atoms. The SMILES string of the molecule is CC(C)c1cnn2c(NCc3cccc(Oc4ccc(F)c(NC(=O)CCCN(C)C)c4)c3)nc(N3CCC(N)CC3)nc12. The van der Waals surface area contributed by atoms with Crippen molar-refractivity contribution in [1.29, 1.82) is 0 Å². The fraction of sp³-hybridized carbons (Fsp3) is 0.438. The fourth-order valence-corrected chi connectivity index (χ4v) is 5.11. The first-order chi connectivity index (χ1) is 21.2. The molecule has 1 aliphatic rings. The molecule has 12 heteroatoms. The molecule has 1 amide bonds. The Morgan fingerprint density at radius 2 is 1.91 bits per heavy atom. The van der Waals surface area contributed by atoms with Gasteiger partial charge in [0.05, 0.1) is 11.9 Å². The number of hydrogen-bond donors (Lipinski definition) is 3. The number of carbonyl (C=O) groups is 1. The molecule has 3 heterocycles. The molecule has 44 heavy (non-hydrogen) atoms. The number of fused-ring (bicyclic) bond motifs is 1. The number of ether oxygens (including phenoxy) is 1. The van der Waals surface area contributed by atoms with Gasteiger partial charge in [0.2, 0.25) is 17.8 Å². The molecular formula is C32H42FN9O2. The summed E-state index contributed by atoms with van der Waals surface area (Å²) in [5.41, 5.74) is 9.03. The largest absolute Gasteiger partial charge is 0.457 e. The van der Waals surface area contributed by atoms with Gasteiger partial charge in [-0.25, -0.2) is 4.39 Å². The molecule has 0 saturated carbocycles. The summed E-state index contributed by atoms with van der Waals surface area (Å²) in [6, 6.07) is 12.2. The summed E-state index contributed by atoms with van der Waals surface area (Å²) in [5, 5.41) is 10.7. The maximum Gasteiger partial charge on any atom is 0.230 e. The number of nitrogens with one attached hydrogen (secondary N) is 2. The van der Waals surface area contributed by atoms with Gasteiger partial charge in [-0.2, -0.15) is 19.6 Å². The van der Waals surface area contributed by atoms with Gasteiger partial charge in [-0.1, -0.05) is 26.0 Å². The molecule has 2 aromatic heterocycles. The lowest BCUT2D eigenvalue weighted by molar-refractivity contribution is -0.116. The third-order valence-electron chi connectivity index (χ3n) is 7.63. The van der Waals surface area contributed by atoms with Crippen molar-refractivity contribution in [3.05, 3.63) is 65.6 Å². The highest BCUT2D eigenvalue weighted by Gasteiger charge is 2.22. The van der Waals surface area contributed by atoms with E-state index >= 15 is 0 Å². The van der Waals surface area contributed by atoms with Crippen molar-refractivity contribution in [2.75, 3.05) is 49.3 Å². The molecule has 0 unspecified atom stereocenters. The van der Waals surface area contributed by atoms with Crippen LogP contribution in [0.2, 0.25) is 0 Å². The van der Waals surface area contributed by atoms with E-state index in [-0.39, 0.29) is 23.6 Å². The van der Waals surface area contributed by atoms with Crippen LogP contribution in [0.5, 0.6) is 11.5 Å². The maximum atomic E-state index is 14.5. The Kier molecular flexibility index (Phi) is 9.91. The molecule has 1 saturated heterocycles. The molecule has 234 valence electrons. The van der Waals surface area contributed by atoms with Crippen LogP contribution in [-0.2, 0) is 11.3 Å². The summed E-state index contributed by atoms with van der Waals surface area (Å²) < 4.78 is 22.3. The molecule has 0 aliphatic carbocycles. The van der Waals surface area contributed by atoms with Crippen LogP contribution in [0, 0.1) is 5.82 Å². The Morgan fingerprint density at radius 1 is 1.14 bits per heavy atom. The first kappa shape index (κ1) is 31.1. The summed E-state index contributed by atoms with van der Waals surface area (Å²) in [5.74, 6) is 1.78. The Labute approximate surface area is 257 Å². The maximum absolute atomic E-state index is 14.5. The van der Waals surface area contributed by atoms with E-state index in [2.05, 4.69) is 34.5 Å². The van der Waals surface area contributed by atoms with Gasteiger partial charge >= 0.3 is 0 Å². The minimum absolute atomic E-state index is 0.0921. The highest BCUT2D eigenvalue weighted by atomic mass is 19.1. The van der Waals surface area contributed by atoms with Crippen molar-refractivity contribution < 1.29 is 13.9 Å². The van der Waals surface area contributed by atoms with Crippen molar-refractivity contribution in [3.63, 3.8) is 0 Å². The van der Waals surface area contributed by atoms with Crippen LogP contribution in [0.15, 0.2) is 48.7 Å². The molecule has 4 N–H and O–H groups in total. The number of halogens is 1. The van der Waals surface area contributed by atoms with E-state index in [1.54, 1.807) is 10.6 Å². The van der Waals surface area contributed by atoms with Crippen molar-refractivity contribution in [1.82, 2.24) is 24.5 Å². The van der Waals surface area contributed by atoms with Gasteiger partial charge in [-0.3, -0.25) is 4.79 Å². The van der Waals surface area contributed by atoms with Gasteiger partial charge in [0.25, 0.3) is 0 Å². The highest BCUT2D eigenvalue weighted by Crippen LogP contribution is 2.28. The van der Waals surface area contributed by atoms with Gasteiger partial charge in [0, 0.05) is 43.7 Å². The monoisotopic (exact) mass is 603 g/mol. The predicted octanol–water partition coefficient (Wildman–Crippen LogP) is 5.00. The Balaban J connectivity index is 1.29. The minimum Gasteiger partial charge on any atom is -0.457 e. The average molecular weight is 604 g/mol. The molecule has 5 rings (SSSR count). The summed E-state index contributed by atoms with van der Waals surface area (Å²) in [6.45, 7) is 7.12. The lowest BCUT2D eigenvalue weighted by atomic mass is 10.1. The number of benzene rings is 2. The second kappa shape index (κ2) is 14.0. The van der Waals surface area contributed by atoms with Crippen LogP contribution < -0.4 is 26.0 Å². The van der Waals surface area contributed by atoms with Crippen LogP contribution in [-0.4, -0.2) is 70.2 Å². The zero-order valence-electron chi connectivity index (χ0n) is 25.9. The number of hydrogen-bond acceptors (Lipinski definition) is 9. The molecule has 1 aliphatic heterocycles. The lowest BCUT2D eigenvalue weighted by Crippen LogP contribution is -2.40. The number of nitrogens with two attached hydrogens (primary N) is 1. The molecule has 2 aromatic carbocycles. The third-order valence-corrected chi connectivity index (χ3v) is 7.63. The number of nitrogens with zero attached hydrogens (tertiary/aromatic N) is 6. The number of carbonyl (C=O) groups excluding carboxylic acids is 1. The number of aromatic nitrogens is 4. The highest BCUT2D eigenvalue weighted by molar-refractivity contribution is 5.91. The summed E-state index contributed by atoms with van der Waals surface area (Å²) in [7, 11) is 3.89. The second-order valence-corrected chi connectivity index (χ2v) is 11.9. The smallest absolute Gasteiger partial charge is 0.230 e. The molecule has 1 fully saturated rings. The van der Waals surface area contributed by atoms with E-state index in [1.807, 2.05) is 49.5 Å². The van der Waals surface area contributed by atoms with Crippen LogP contribution in [0.1, 0.15) is 56.6 Å². The summed E-state index contributed by atoms with van der Waals surface area (Å²) >= 11 is 0. The summed E-state index contributed by atoms with van der Waals surface area (Å²) in [4.78, 5) is 26.3. The Morgan fingerprint density at radius 3 is 2.66 bits per heavy atom. The van der Waals surface area contributed by atoms with Crippen LogP contribution in [0.25, 0.3) is 5.65 Å². The quantitative estimate of drug-likeness (QED) is 0.205. The molecule has 0 spiro atoms. The van der Waals surface area contributed by atoms with E-state index in [0.29, 0.717) is 42.8 Å². The van der Waals surface area contributed by atoms with Crippen molar-refractivity contribution in [2.24, 2.45) is 5.73 Å². The topological polar surface area (TPSA) is 126 Å². The molecule has 4 aromatic rings. The van der Waals surface area contributed by atoms with Crippen LogP contribution in [0.3, 0.4) is 0 Å². The average Bonchev–Trinajstić information content (AvgIpc) is 3.43. The van der Waals surface area contributed by atoms with E-state index in [0.717, 1.165) is 49.2 Å². The van der Waals surface area contributed by atoms with Gasteiger partial charge in [-0.15, -0.1) is 0 Å². The third kappa shape index (κ3) is 7.80. The van der Waals surface area contributed by atoms with E-state index in [1.165, 1.54) is 12.1 Å². The molecule has 0 atom stereocenters. The van der Waals surface area contributed by atoms with Gasteiger partial charge in [-0.05, 0) is 75.6 Å². The van der Waals surface area contributed by atoms with Crippen molar-refractivity contribution >= 4 is 29.1 Å². The predicted molar refractivity (Wildman–Crippen MR) is 171 cm³/mol. The van der Waals surface area contributed by atoms with Gasteiger partial charge in [0.15, 0.2) is 5.65 Å². The zero-order chi connectivity index (χ0) is 31.2. The fourth-order valence-electron chi connectivity index (χ4n) is 5.11. The number of amides is 1. The normalized spacial score (nSPS) is 14.0. The molecule has 11 nitrogen and oxygen atoms in total. The van der Waals surface area contributed by atoms with Gasteiger partial charge < -0.3 is 30.9 Å². The zero-order valence-corrected chi connectivity index (χ0v) is 25.9. The van der Waals surface area contributed by atoms with Crippen LogP contribution >= 0.6 is 0 Å². The van der Waals surface area contributed by atoms with Crippen LogP contribution in [0.4, 0.5) is 22.0 Å². The Hall–Kier alpha value is -4.29. The number of piperidine rings is 1. The molecule has 0 radical (unpaired) electrons. The molecular weight excluding hydrogens is 561 g/mol. The number of rotatable bonds is 12. The Bertz CT molecular complexity index is 1580. The van der Waals surface area contributed by atoms with E-state index in [9.17, 15) is 9.18 Å². The van der Waals surface area contributed by atoms with Crippen molar-refractivity contribution in [2.45, 2.75) is 58.0 Å². The minimum atomic E-state index is -0.515. The first-order valence-electron chi connectivity index (χ1n) is 15.2. The standard InChI is InChI=1S/C32H42FN9O2/c1-21(2)26-20-36-42-30(26)38-32(41-15-12-23(34)13-16-41)39-31(42)35-19-22-7-5-8-24(17-22)44-25-10-11-27(33)28(18-25)37-29(43)9-6-14-40(3)4/h5,7-8,10-11,17-18,20-21,23H,6,9,12-16,19,34H2,1-4H3,(H,37,43)(H,35,38,39).